The van der Waals surface area contributed by atoms with Crippen LogP contribution >= 0.6 is 0 Å². The topological polar surface area (TPSA) is 35.2 Å². The van der Waals surface area contributed by atoms with Crippen LogP contribution < -0.4 is 5.73 Å². The molecule has 0 spiro atoms. The lowest BCUT2D eigenvalue weighted by molar-refractivity contribution is 0.277. The number of methoxy groups -OCH3 is 1. The van der Waals surface area contributed by atoms with Gasteiger partial charge >= 0.3 is 0 Å². The Kier molecular flexibility index (Phi) is 5.21. The molecule has 0 fully saturated rings. The molecule has 0 radical (unpaired) electrons. The van der Waals surface area contributed by atoms with Gasteiger partial charge in [-0.05, 0) is 24.6 Å². The minimum absolute atomic E-state index is 0.838. The van der Waals surface area contributed by atoms with Crippen molar-refractivity contribution in [2.24, 2.45) is 0 Å². The molecule has 0 unspecified atom stereocenters. The first-order valence-corrected chi connectivity index (χ1v) is 3.43. The molecule has 1 rings (SSSR count). The van der Waals surface area contributed by atoms with E-state index in [4.69, 9.17) is 5.73 Å². The van der Waals surface area contributed by atoms with Gasteiger partial charge in [0.05, 0.1) is 0 Å². The lowest BCUT2D eigenvalue weighted by Gasteiger charge is -1.91. The predicted molar refractivity (Wildman–Crippen MR) is 48.5 cm³/mol. The third-order valence-corrected chi connectivity index (χ3v) is 1.04. The van der Waals surface area contributed by atoms with E-state index in [2.05, 4.69) is 4.74 Å². The number of nitrogen functional groups attached to an aromatic ring is 1. The summed E-state index contributed by atoms with van der Waals surface area (Å²) in [5, 5.41) is 0. The van der Waals surface area contributed by atoms with Crippen LogP contribution in [0.1, 0.15) is 5.56 Å². The zero-order valence-corrected chi connectivity index (χ0v) is 7.29. The first-order valence-electron chi connectivity index (χ1n) is 3.43. The Labute approximate surface area is 68.0 Å². The molecule has 0 heterocycles. The van der Waals surface area contributed by atoms with Gasteiger partial charge in [-0.25, -0.2) is 0 Å². The summed E-state index contributed by atoms with van der Waals surface area (Å²) in [7, 11) is 3.25. The minimum Gasteiger partial charge on any atom is -0.399 e. The summed E-state index contributed by atoms with van der Waals surface area (Å²) < 4.78 is 4.25. The molecular weight excluding hydrogens is 138 g/mol. The van der Waals surface area contributed by atoms with Crippen LogP contribution in [0.5, 0.6) is 0 Å². The van der Waals surface area contributed by atoms with E-state index in [1.54, 1.807) is 14.2 Å². The van der Waals surface area contributed by atoms with Crippen molar-refractivity contribution in [2.45, 2.75) is 6.92 Å². The molecule has 2 heteroatoms. The second-order valence-corrected chi connectivity index (χ2v) is 2.32. The Hall–Kier alpha value is -1.02. The number of anilines is 1. The van der Waals surface area contributed by atoms with E-state index in [0.29, 0.717) is 0 Å². The van der Waals surface area contributed by atoms with Crippen LogP contribution in [0, 0.1) is 6.92 Å². The summed E-state index contributed by atoms with van der Waals surface area (Å²) in [6.07, 6.45) is 0. The molecule has 2 N–H and O–H groups in total. The molecule has 2 nitrogen and oxygen atoms in total. The normalized spacial score (nSPS) is 8.27. The van der Waals surface area contributed by atoms with Gasteiger partial charge in [0.15, 0.2) is 0 Å². The third-order valence-electron chi connectivity index (χ3n) is 1.04. The fourth-order valence-electron chi connectivity index (χ4n) is 0.670. The number of benzene rings is 1. The Morgan fingerprint density at radius 1 is 1.27 bits per heavy atom. The number of nitrogens with two attached hydrogens (primary N) is 1. The maximum atomic E-state index is 5.46. The maximum Gasteiger partial charge on any atom is 0.0351 e. The summed E-state index contributed by atoms with van der Waals surface area (Å²) in [6, 6.07) is 7.80. The van der Waals surface area contributed by atoms with Crippen LogP contribution in [0.3, 0.4) is 0 Å². The molecule has 0 saturated heterocycles. The van der Waals surface area contributed by atoms with Gasteiger partial charge in [0.1, 0.15) is 0 Å². The van der Waals surface area contributed by atoms with Gasteiger partial charge in [0, 0.05) is 19.9 Å². The monoisotopic (exact) mass is 153 g/mol. The SMILES string of the molecule is COC.Cc1cccc(N)c1. The standard InChI is InChI=1S/C7H9N.C2H6O/c1-6-3-2-4-7(8)5-6;1-3-2/h2-5H,8H2,1H3;1-2H3. The van der Waals surface area contributed by atoms with Gasteiger partial charge in [-0.2, -0.15) is 0 Å². The molecule has 1 aromatic rings. The van der Waals surface area contributed by atoms with Gasteiger partial charge < -0.3 is 10.5 Å². The van der Waals surface area contributed by atoms with Gasteiger partial charge in [0.25, 0.3) is 0 Å². The van der Waals surface area contributed by atoms with Crippen molar-refractivity contribution in [1.29, 1.82) is 0 Å². The van der Waals surface area contributed by atoms with Crippen molar-refractivity contribution in [3.8, 4) is 0 Å². The van der Waals surface area contributed by atoms with E-state index in [-0.39, 0.29) is 0 Å². The van der Waals surface area contributed by atoms with E-state index in [0.717, 1.165) is 5.69 Å². The fourth-order valence-corrected chi connectivity index (χ4v) is 0.670. The highest BCUT2D eigenvalue weighted by Gasteiger charge is 1.81. The van der Waals surface area contributed by atoms with Crippen LogP contribution in [0.2, 0.25) is 0 Å². The lowest BCUT2D eigenvalue weighted by Crippen LogP contribution is -1.82. The molecule has 0 aliphatic carbocycles. The first-order chi connectivity index (χ1) is 5.20. The predicted octanol–water partition coefficient (Wildman–Crippen LogP) is 1.84. The maximum absolute atomic E-state index is 5.46. The van der Waals surface area contributed by atoms with Crippen molar-refractivity contribution < 1.29 is 4.74 Å². The highest BCUT2D eigenvalue weighted by Crippen LogP contribution is 2.03. The van der Waals surface area contributed by atoms with Crippen molar-refractivity contribution in [1.82, 2.24) is 0 Å². The van der Waals surface area contributed by atoms with Crippen LogP contribution in [0.15, 0.2) is 24.3 Å². The first kappa shape index (κ1) is 9.98. The van der Waals surface area contributed by atoms with E-state index < -0.39 is 0 Å². The second kappa shape index (κ2) is 5.74. The van der Waals surface area contributed by atoms with Crippen molar-refractivity contribution >= 4 is 5.69 Å². The molecule has 0 aromatic heterocycles. The number of rotatable bonds is 0. The Balaban J connectivity index is 0.000000292. The molecule has 11 heavy (non-hydrogen) atoms. The molecule has 0 atom stereocenters. The summed E-state index contributed by atoms with van der Waals surface area (Å²) in [5.74, 6) is 0. The zero-order valence-electron chi connectivity index (χ0n) is 7.29. The van der Waals surface area contributed by atoms with Crippen LogP contribution in [0.25, 0.3) is 0 Å². The summed E-state index contributed by atoms with van der Waals surface area (Å²) >= 11 is 0. The van der Waals surface area contributed by atoms with Crippen LogP contribution in [-0.2, 0) is 4.74 Å². The van der Waals surface area contributed by atoms with Gasteiger partial charge in [-0.3, -0.25) is 0 Å². The summed E-state index contributed by atoms with van der Waals surface area (Å²) in [5.41, 5.74) is 7.51. The second-order valence-electron chi connectivity index (χ2n) is 2.32. The zero-order chi connectivity index (χ0) is 8.69. The average molecular weight is 153 g/mol. The summed E-state index contributed by atoms with van der Waals surface area (Å²) in [6.45, 7) is 2.02. The molecule has 0 bridgehead atoms. The van der Waals surface area contributed by atoms with E-state index in [1.165, 1.54) is 5.56 Å². The minimum atomic E-state index is 0.838. The lowest BCUT2D eigenvalue weighted by atomic mass is 10.2. The van der Waals surface area contributed by atoms with Crippen molar-refractivity contribution in [3.05, 3.63) is 29.8 Å². The largest absolute Gasteiger partial charge is 0.399 e. The van der Waals surface area contributed by atoms with Crippen molar-refractivity contribution in [3.63, 3.8) is 0 Å². The average Bonchev–Trinajstić information content (AvgIpc) is 1.88. The van der Waals surface area contributed by atoms with Gasteiger partial charge in [0.2, 0.25) is 0 Å². The Morgan fingerprint density at radius 2 is 1.82 bits per heavy atom. The molecule has 0 aliphatic rings. The molecule has 0 amide bonds. The highest BCUT2D eigenvalue weighted by atomic mass is 16.4. The Bertz CT molecular complexity index is 181. The molecule has 62 valence electrons. The number of hydrogen-bond acceptors (Lipinski definition) is 2. The molecule has 0 saturated carbocycles. The Morgan fingerprint density at radius 3 is 2.09 bits per heavy atom. The van der Waals surface area contributed by atoms with Gasteiger partial charge in [-0.1, -0.05) is 12.1 Å². The van der Waals surface area contributed by atoms with Crippen LogP contribution in [0.4, 0.5) is 5.69 Å². The number of aryl methyl sites for hydroxylation is 1. The van der Waals surface area contributed by atoms with E-state index in [9.17, 15) is 0 Å². The van der Waals surface area contributed by atoms with Gasteiger partial charge in [-0.15, -0.1) is 0 Å². The molecule has 1 aromatic carbocycles. The summed E-state index contributed by atoms with van der Waals surface area (Å²) in [4.78, 5) is 0. The third kappa shape index (κ3) is 5.43. The smallest absolute Gasteiger partial charge is 0.0351 e. The fraction of sp³-hybridized carbons (Fsp3) is 0.333. The number of ether oxygens (including phenoxy) is 1. The quantitative estimate of drug-likeness (QED) is 0.577. The molecular formula is C9H15NO. The van der Waals surface area contributed by atoms with Crippen molar-refractivity contribution in [2.75, 3.05) is 20.0 Å². The van der Waals surface area contributed by atoms with E-state index in [1.807, 2.05) is 31.2 Å². The van der Waals surface area contributed by atoms with E-state index >= 15 is 0 Å². The molecule has 0 aliphatic heterocycles. The van der Waals surface area contributed by atoms with Crippen LogP contribution in [-0.4, -0.2) is 14.2 Å². The highest BCUT2D eigenvalue weighted by molar-refractivity contribution is 5.39. The number of hydrogen-bond donors (Lipinski definition) is 1.